The smallest absolute Gasteiger partial charge is 0.329 e. The summed E-state index contributed by atoms with van der Waals surface area (Å²) in [5, 5.41) is 5.05. The summed E-state index contributed by atoms with van der Waals surface area (Å²) in [6.45, 7) is 7.22. The molecule has 35 heavy (non-hydrogen) atoms. The van der Waals surface area contributed by atoms with E-state index in [1.807, 2.05) is 68.4 Å². The molecule has 1 N–H and O–H groups in total. The lowest BCUT2D eigenvalue weighted by atomic mass is 10.0. The molecule has 1 heterocycles. The van der Waals surface area contributed by atoms with Gasteiger partial charge in [-0.1, -0.05) is 63.2 Å². The monoisotopic (exact) mass is 493 g/mol. The summed E-state index contributed by atoms with van der Waals surface area (Å²) in [5.41, 5.74) is 3.32. The van der Waals surface area contributed by atoms with Crippen LogP contribution < -0.4 is 10.2 Å². The van der Waals surface area contributed by atoms with Crippen molar-refractivity contribution in [1.29, 1.82) is 0 Å². The van der Waals surface area contributed by atoms with Crippen molar-refractivity contribution in [3.8, 4) is 0 Å². The Bertz CT molecular complexity index is 1140. The fraction of sp³-hybridized carbons (Fsp3) is 0.333. The summed E-state index contributed by atoms with van der Waals surface area (Å²) in [6.07, 6.45) is 1.10. The second-order valence-corrected chi connectivity index (χ2v) is 9.39. The highest BCUT2D eigenvalue weighted by Gasteiger charge is 2.26. The molecule has 0 radical (unpaired) electrons. The first kappa shape index (κ1) is 26.1. The third kappa shape index (κ3) is 7.23. The molecular formula is C27H31N3O4S. The van der Waals surface area contributed by atoms with Gasteiger partial charge in [-0.05, 0) is 35.6 Å². The molecule has 0 spiro atoms. The average molecular weight is 494 g/mol. The van der Waals surface area contributed by atoms with Gasteiger partial charge < -0.3 is 10.1 Å². The van der Waals surface area contributed by atoms with Gasteiger partial charge >= 0.3 is 5.97 Å². The van der Waals surface area contributed by atoms with E-state index in [1.54, 1.807) is 5.38 Å². The zero-order chi connectivity index (χ0) is 25.4. The van der Waals surface area contributed by atoms with Crippen molar-refractivity contribution in [1.82, 2.24) is 10.3 Å². The number of ether oxygens (including phenoxy) is 1. The maximum absolute atomic E-state index is 12.8. The van der Waals surface area contributed by atoms with E-state index < -0.39 is 12.0 Å². The van der Waals surface area contributed by atoms with Crippen LogP contribution in [0.5, 0.6) is 0 Å². The summed E-state index contributed by atoms with van der Waals surface area (Å²) in [7, 11) is 0. The molecule has 0 saturated heterocycles. The third-order valence-corrected chi connectivity index (χ3v) is 6.33. The van der Waals surface area contributed by atoms with Gasteiger partial charge in [0, 0.05) is 12.3 Å². The summed E-state index contributed by atoms with van der Waals surface area (Å²) >= 11 is 1.30. The number of carbonyl (C=O) groups is 3. The molecule has 1 atom stereocenters. The predicted molar refractivity (Wildman–Crippen MR) is 137 cm³/mol. The van der Waals surface area contributed by atoms with Crippen LogP contribution in [0.1, 0.15) is 44.5 Å². The number of nitrogens with zero attached hydrogens (tertiary/aromatic N) is 2. The number of carbonyl (C=O) groups excluding carboxylic acids is 3. The first-order chi connectivity index (χ1) is 16.8. The topological polar surface area (TPSA) is 88.6 Å². The zero-order valence-electron chi connectivity index (χ0n) is 20.5. The number of amides is 2. The molecule has 1 aromatic heterocycles. The highest BCUT2D eigenvalue weighted by atomic mass is 32.1. The molecule has 3 rings (SSSR count). The minimum absolute atomic E-state index is 0.0480. The molecule has 7 nitrogen and oxygen atoms in total. The van der Waals surface area contributed by atoms with Gasteiger partial charge in [0.05, 0.1) is 17.8 Å². The van der Waals surface area contributed by atoms with E-state index in [-0.39, 0.29) is 30.8 Å². The first-order valence-electron chi connectivity index (χ1n) is 11.6. The Morgan fingerprint density at radius 1 is 1.03 bits per heavy atom. The van der Waals surface area contributed by atoms with Gasteiger partial charge in [-0.15, -0.1) is 11.3 Å². The van der Waals surface area contributed by atoms with Crippen LogP contribution in [0.4, 0.5) is 10.8 Å². The van der Waals surface area contributed by atoms with Crippen molar-refractivity contribution in [2.75, 3.05) is 4.90 Å². The number of esters is 1. The second kappa shape index (κ2) is 12.3. The number of thiazole rings is 1. The maximum atomic E-state index is 12.8. The first-order valence-corrected chi connectivity index (χ1v) is 12.5. The predicted octanol–water partition coefficient (Wildman–Crippen LogP) is 4.82. The van der Waals surface area contributed by atoms with E-state index in [2.05, 4.69) is 17.2 Å². The normalized spacial score (nSPS) is 11.7. The lowest BCUT2D eigenvalue weighted by Gasteiger charge is -2.21. The lowest BCUT2D eigenvalue weighted by Crippen LogP contribution is -2.45. The van der Waals surface area contributed by atoms with Crippen LogP contribution in [0.25, 0.3) is 0 Å². The minimum Gasteiger partial charge on any atom is -0.458 e. The largest absolute Gasteiger partial charge is 0.458 e. The molecule has 2 aromatic carbocycles. The van der Waals surface area contributed by atoms with Gasteiger partial charge in [0.15, 0.2) is 5.13 Å². The van der Waals surface area contributed by atoms with Crippen molar-refractivity contribution in [2.45, 2.75) is 53.2 Å². The van der Waals surface area contributed by atoms with Gasteiger partial charge in [0.1, 0.15) is 12.6 Å². The van der Waals surface area contributed by atoms with E-state index in [0.29, 0.717) is 10.8 Å². The van der Waals surface area contributed by atoms with Crippen molar-refractivity contribution >= 4 is 39.9 Å². The number of aryl methyl sites for hydroxylation is 1. The summed E-state index contributed by atoms with van der Waals surface area (Å²) in [4.78, 5) is 43.6. The van der Waals surface area contributed by atoms with Crippen LogP contribution in [0.15, 0.2) is 60.0 Å². The van der Waals surface area contributed by atoms with Gasteiger partial charge in [-0.25, -0.2) is 9.78 Å². The third-order valence-electron chi connectivity index (χ3n) is 5.46. The number of nitrogens with one attached hydrogen (secondary N) is 1. The average Bonchev–Trinajstić information content (AvgIpc) is 3.30. The Morgan fingerprint density at radius 3 is 2.31 bits per heavy atom. The molecule has 0 aliphatic rings. The van der Waals surface area contributed by atoms with E-state index in [1.165, 1.54) is 28.7 Å². The van der Waals surface area contributed by atoms with Crippen LogP contribution in [0.3, 0.4) is 0 Å². The van der Waals surface area contributed by atoms with E-state index in [4.69, 9.17) is 4.74 Å². The highest BCUT2D eigenvalue weighted by Crippen LogP contribution is 2.29. The van der Waals surface area contributed by atoms with E-state index >= 15 is 0 Å². The standard InChI is InChI=1S/C27H31N3O4S/c1-5-20-11-13-23(14-12-20)30(19(4)31)27-28-22(17-35-27)16-34-26(33)25(18(2)3)29-24(32)15-21-9-7-6-8-10-21/h6-14,17-18,25H,5,15-16H2,1-4H3,(H,29,32). The number of hydrogen-bond donors (Lipinski definition) is 1. The molecule has 0 saturated carbocycles. The number of anilines is 2. The van der Waals surface area contributed by atoms with Gasteiger partial charge in [0.25, 0.3) is 0 Å². The molecule has 3 aromatic rings. The molecule has 0 fully saturated rings. The van der Waals surface area contributed by atoms with Crippen LogP contribution in [0.2, 0.25) is 0 Å². The highest BCUT2D eigenvalue weighted by molar-refractivity contribution is 7.14. The molecule has 0 bridgehead atoms. The number of hydrogen-bond acceptors (Lipinski definition) is 6. The summed E-state index contributed by atoms with van der Waals surface area (Å²) in [5.74, 6) is -1.07. The van der Waals surface area contributed by atoms with Crippen LogP contribution in [-0.4, -0.2) is 28.8 Å². The number of rotatable bonds is 10. The van der Waals surface area contributed by atoms with Gasteiger partial charge in [-0.2, -0.15) is 0 Å². The molecule has 2 amide bonds. The van der Waals surface area contributed by atoms with Crippen molar-refractivity contribution < 1.29 is 19.1 Å². The fourth-order valence-electron chi connectivity index (χ4n) is 3.51. The number of benzene rings is 2. The Labute approximate surface area is 210 Å². The number of aromatic nitrogens is 1. The Morgan fingerprint density at radius 2 is 1.71 bits per heavy atom. The zero-order valence-corrected chi connectivity index (χ0v) is 21.3. The Kier molecular flexibility index (Phi) is 9.14. The Balaban J connectivity index is 1.62. The molecule has 184 valence electrons. The summed E-state index contributed by atoms with van der Waals surface area (Å²) < 4.78 is 5.48. The van der Waals surface area contributed by atoms with Crippen molar-refractivity contribution in [3.63, 3.8) is 0 Å². The van der Waals surface area contributed by atoms with E-state index in [9.17, 15) is 14.4 Å². The summed E-state index contributed by atoms with van der Waals surface area (Å²) in [6, 6.07) is 16.3. The molecule has 0 aliphatic carbocycles. The van der Waals surface area contributed by atoms with Gasteiger partial charge in [-0.3, -0.25) is 14.5 Å². The van der Waals surface area contributed by atoms with E-state index in [0.717, 1.165) is 17.7 Å². The van der Waals surface area contributed by atoms with Crippen molar-refractivity contribution in [3.05, 3.63) is 76.8 Å². The van der Waals surface area contributed by atoms with Gasteiger partial charge in [0.2, 0.25) is 11.8 Å². The molecule has 0 aliphatic heterocycles. The maximum Gasteiger partial charge on any atom is 0.329 e. The quantitative estimate of drug-likeness (QED) is 0.409. The fourth-order valence-corrected chi connectivity index (χ4v) is 4.38. The van der Waals surface area contributed by atoms with Crippen molar-refractivity contribution in [2.24, 2.45) is 5.92 Å². The minimum atomic E-state index is -0.768. The SMILES string of the molecule is CCc1ccc(N(C(C)=O)c2nc(COC(=O)C(NC(=O)Cc3ccccc3)C(C)C)cs2)cc1. The molecule has 8 heteroatoms. The Hall–Kier alpha value is -3.52. The molecular weight excluding hydrogens is 462 g/mol. The lowest BCUT2D eigenvalue weighted by molar-refractivity contribution is -0.150. The molecule has 1 unspecified atom stereocenters. The second-order valence-electron chi connectivity index (χ2n) is 8.56. The van der Waals surface area contributed by atoms with Crippen LogP contribution >= 0.6 is 11.3 Å². The van der Waals surface area contributed by atoms with Crippen LogP contribution in [0, 0.1) is 5.92 Å². The van der Waals surface area contributed by atoms with Crippen LogP contribution in [-0.2, 0) is 38.6 Å².